The first-order valence-electron chi connectivity index (χ1n) is 7.19. The molecule has 7 nitrogen and oxygen atoms in total. The number of fused-ring (bicyclic) bond motifs is 2. The number of hydrogen-bond donors (Lipinski definition) is 0. The third-order valence-electron chi connectivity index (χ3n) is 4.76. The van der Waals surface area contributed by atoms with E-state index in [0.717, 1.165) is 6.42 Å². The number of benzene rings is 1. The topological polar surface area (TPSA) is 75.8 Å². The van der Waals surface area contributed by atoms with Crippen molar-refractivity contribution in [2.45, 2.75) is 25.3 Å². The van der Waals surface area contributed by atoms with Crippen LogP contribution in [0.1, 0.15) is 19.8 Å². The zero-order valence-electron chi connectivity index (χ0n) is 12.3. The summed E-state index contributed by atoms with van der Waals surface area (Å²) in [6.07, 6.45) is 1.52. The van der Waals surface area contributed by atoms with Crippen LogP contribution in [0.15, 0.2) is 27.4 Å². The second-order valence-corrected chi connectivity index (χ2v) is 6.03. The molecule has 2 aromatic rings. The molecule has 1 atom stereocenters. The molecule has 4 rings (SSSR count). The van der Waals surface area contributed by atoms with Crippen molar-refractivity contribution in [3.8, 4) is 0 Å². The van der Waals surface area contributed by atoms with E-state index in [0.29, 0.717) is 29.8 Å². The second kappa shape index (κ2) is 4.00. The molecule has 7 heteroatoms. The summed E-state index contributed by atoms with van der Waals surface area (Å²) in [6.45, 7) is 2.40. The van der Waals surface area contributed by atoms with Crippen LogP contribution in [-0.4, -0.2) is 33.5 Å². The van der Waals surface area contributed by atoms with Gasteiger partial charge >= 0.3 is 11.8 Å². The number of carbonyl (C=O) groups is 2. The fraction of sp³-hybridized carbons (Fsp3) is 0.400. The van der Waals surface area contributed by atoms with Gasteiger partial charge in [0.25, 0.3) is 5.91 Å². The number of aryl methyl sites for hydroxylation is 1. The fourth-order valence-electron chi connectivity index (χ4n) is 3.43. The Bertz CT molecular complexity index is 881. The molecule has 2 saturated heterocycles. The molecule has 0 radical (unpaired) electrons. The molecule has 1 aromatic carbocycles. The lowest BCUT2D eigenvalue weighted by Crippen LogP contribution is -2.41. The molecule has 2 fully saturated rings. The largest absolute Gasteiger partial charge is 0.419 e. The SMILES string of the molecule is Cn1c(=O)oc2cc(N3C(=O)N4CCC[C@]4(C)C3=O)ccc21. The Kier molecular flexibility index (Phi) is 2.38. The summed E-state index contributed by atoms with van der Waals surface area (Å²) in [4.78, 5) is 39.6. The molecule has 2 aliphatic heterocycles. The predicted octanol–water partition coefficient (Wildman–Crippen LogP) is 1.45. The van der Waals surface area contributed by atoms with Crippen molar-refractivity contribution < 1.29 is 14.0 Å². The summed E-state index contributed by atoms with van der Waals surface area (Å²) < 4.78 is 6.51. The average molecular weight is 301 g/mol. The van der Waals surface area contributed by atoms with E-state index in [1.165, 1.54) is 9.47 Å². The number of rotatable bonds is 1. The van der Waals surface area contributed by atoms with Crippen molar-refractivity contribution in [3.63, 3.8) is 0 Å². The van der Waals surface area contributed by atoms with Crippen LogP contribution in [0.5, 0.6) is 0 Å². The van der Waals surface area contributed by atoms with Gasteiger partial charge in [-0.2, -0.15) is 0 Å². The molecule has 3 heterocycles. The standard InChI is InChI=1S/C15H15N3O4/c1-15-6-3-7-17(15)13(20)18(12(15)19)9-4-5-10-11(8-9)22-14(21)16(10)2/h4-5,8H,3,6-7H2,1-2H3/t15-/m1/s1. The molecule has 0 aliphatic carbocycles. The van der Waals surface area contributed by atoms with E-state index in [-0.39, 0.29) is 11.9 Å². The molecule has 0 bridgehead atoms. The minimum atomic E-state index is -0.746. The smallest absolute Gasteiger partial charge is 0.408 e. The summed E-state index contributed by atoms with van der Waals surface area (Å²) in [7, 11) is 1.61. The van der Waals surface area contributed by atoms with Gasteiger partial charge in [0.1, 0.15) is 5.54 Å². The Labute approximate surface area is 125 Å². The molecule has 0 N–H and O–H groups in total. The fourth-order valence-corrected chi connectivity index (χ4v) is 3.43. The number of aromatic nitrogens is 1. The van der Waals surface area contributed by atoms with Crippen molar-refractivity contribution in [1.82, 2.24) is 9.47 Å². The minimum Gasteiger partial charge on any atom is -0.408 e. The van der Waals surface area contributed by atoms with Gasteiger partial charge in [0, 0.05) is 19.7 Å². The Morgan fingerprint density at radius 1 is 1.23 bits per heavy atom. The second-order valence-electron chi connectivity index (χ2n) is 6.03. The highest BCUT2D eigenvalue weighted by atomic mass is 16.4. The van der Waals surface area contributed by atoms with Crippen LogP contribution in [0.2, 0.25) is 0 Å². The Morgan fingerprint density at radius 3 is 2.73 bits per heavy atom. The quantitative estimate of drug-likeness (QED) is 0.747. The van der Waals surface area contributed by atoms with Gasteiger partial charge < -0.3 is 9.32 Å². The molecule has 114 valence electrons. The third-order valence-corrected chi connectivity index (χ3v) is 4.76. The number of amides is 3. The average Bonchev–Trinajstić information content (AvgIpc) is 3.06. The van der Waals surface area contributed by atoms with Crippen molar-refractivity contribution in [3.05, 3.63) is 28.7 Å². The molecular formula is C15H15N3O4. The molecule has 22 heavy (non-hydrogen) atoms. The zero-order valence-corrected chi connectivity index (χ0v) is 12.3. The number of oxazole rings is 1. The summed E-state index contributed by atoms with van der Waals surface area (Å²) in [5.74, 6) is -0.688. The van der Waals surface area contributed by atoms with Gasteiger partial charge in [0.05, 0.1) is 11.2 Å². The summed E-state index contributed by atoms with van der Waals surface area (Å²) in [6, 6.07) is 4.61. The molecule has 0 saturated carbocycles. The molecule has 0 unspecified atom stereocenters. The maximum absolute atomic E-state index is 12.7. The lowest BCUT2D eigenvalue weighted by Gasteiger charge is -2.22. The van der Waals surface area contributed by atoms with E-state index in [1.54, 1.807) is 37.1 Å². The van der Waals surface area contributed by atoms with Crippen LogP contribution in [0.4, 0.5) is 10.5 Å². The van der Waals surface area contributed by atoms with E-state index in [9.17, 15) is 14.4 Å². The highest BCUT2D eigenvalue weighted by Crippen LogP contribution is 2.39. The van der Waals surface area contributed by atoms with Crippen molar-refractivity contribution in [2.75, 3.05) is 11.4 Å². The number of anilines is 1. The van der Waals surface area contributed by atoms with E-state index >= 15 is 0 Å². The van der Waals surface area contributed by atoms with Crippen molar-refractivity contribution >= 4 is 28.7 Å². The first-order chi connectivity index (χ1) is 10.4. The molecular weight excluding hydrogens is 286 g/mol. The van der Waals surface area contributed by atoms with Crippen LogP contribution in [-0.2, 0) is 11.8 Å². The zero-order chi connectivity index (χ0) is 15.6. The number of urea groups is 1. The van der Waals surface area contributed by atoms with Crippen LogP contribution >= 0.6 is 0 Å². The van der Waals surface area contributed by atoms with Gasteiger partial charge in [-0.25, -0.2) is 14.5 Å². The lowest BCUT2D eigenvalue weighted by atomic mass is 9.99. The van der Waals surface area contributed by atoms with Gasteiger partial charge in [-0.3, -0.25) is 9.36 Å². The van der Waals surface area contributed by atoms with E-state index in [4.69, 9.17) is 4.42 Å². The lowest BCUT2D eigenvalue weighted by molar-refractivity contribution is -0.123. The summed E-state index contributed by atoms with van der Waals surface area (Å²) in [5, 5.41) is 0. The molecule has 2 aliphatic rings. The number of carbonyl (C=O) groups excluding carboxylic acids is 2. The predicted molar refractivity (Wildman–Crippen MR) is 78.7 cm³/mol. The molecule has 3 amide bonds. The Morgan fingerprint density at radius 2 is 2.00 bits per heavy atom. The first kappa shape index (κ1) is 13.1. The van der Waals surface area contributed by atoms with Crippen molar-refractivity contribution in [1.29, 1.82) is 0 Å². The number of nitrogens with zero attached hydrogens (tertiary/aromatic N) is 3. The Hall–Kier alpha value is -2.57. The first-order valence-corrected chi connectivity index (χ1v) is 7.19. The highest BCUT2D eigenvalue weighted by molar-refractivity contribution is 6.23. The number of hydrogen-bond acceptors (Lipinski definition) is 4. The minimum absolute atomic E-state index is 0.215. The van der Waals surface area contributed by atoms with Gasteiger partial charge in [-0.05, 0) is 31.9 Å². The number of imide groups is 1. The van der Waals surface area contributed by atoms with E-state index < -0.39 is 11.3 Å². The van der Waals surface area contributed by atoms with Crippen LogP contribution in [0, 0.1) is 0 Å². The van der Waals surface area contributed by atoms with Crippen LogP contribution < -0.4 is 10.7 Å². The highest BCUT2D eigenvalue weighted by Gasteiger charge is 2.56. The van der Waals surface area contributed by atoms with Gasteiger partial charge in [0.2, 0.25) is 0 Å². The van der Waals surface area contributed by atoms with E-state index in [1.807, 2.05) is 0 Å². The van der Waals surface area contributed by atoms with Crippen molar-refractivity contribution in [2.24, 2.45) is 7.05 Å². The van der Waals surface area contributed by atoms with Gasteiger partial charge in [-0.15, -0.1) is 0 Å². The van der Waals surface area contributed by atoms with Crippen LogP contribution in [0.3, 0.4) is 0 Å². The summed E-state index contributed by atoms with van der Waals surface area (Å²) >= 11 is 0. The summed E-state index contributed by atoms with van der Waals surface area (Å²) in [5.41, 5.74) is 0.679. The van der Waals surface area contributed by atoms with Crippen LogP contribution in [0.25, 0.3) is 11.1 Å². The Balaban J connectivity index is 1.84. The van der Waals surface area contributed by atoms with Gasteiger partial charge in [-0.1, -0.05) is 0 Å². The third kappa shape index (κ3) is 1.43. The van der Waals surface area contributed by atoms with E-state index in [2.05, 4.69) is 0 Å². The maximum Gasteiger partial charge on any atom is 0.419 e. The maximum atomic E-state index is 12.7. The monoisotopic (exact) mass is 301 g/mol. The van der Waals surface area contributed by atoms with Gasteiger partial charge in [0.15, 0.2) is 5.58 Å². The normalized spacial score (nSPS) is 24.6. The molecule has 1 aromatic heterocycles. The molecule has 0 spiro atoms.